The molecule has 1 aliphatic rings. The molecule has 1 fully saturated rings. The molecule has 1 aromatic heterocycles. The van der Waals surface area contributed by atoms with Gasteiger partial charge in [0.2, 0.25) is 0 Å². The highest BCUT2D eigenvalue weighted by molar-refractivity contribution is 5.89. The predicted molar refractivity (Wildman–Crippen MR) is 103 cm³/mol. The van der Waals surface area contributed by atoms with Crippen LogP contribution in [0.3, 0.4) is 0 Å². The Labute approximate surface area is 154 Å². The van der Waals surface area contributed by atoms with Crippen molar-refractivity contribution in [2.75, 3.05) is 32.0 Å². The molecule has 7 heteroatoms. The molecule has 3 rings (SSSR count). The molecule has 0 spiro atoms. The first-order chi connectivity index (χ1) is 12.4. The molecular formula is C19H26N6O. The van der Waals surface area contributed by atoms with Gasteiger partial charge in [0, 0.05) is 50.0 Å². The highest BCUT2D eigenvalue weighted by Crippen LogP contribution is 2.19. The minimum atomic E-state index is -0.238. The maximum Gasteiger partial charge on any atom is 0.318 e. The van der Waals surface area contributed by atoms with E-state index < -0.39 is 0 Å². The summed E-state index contributed by atoms with van der Waals surface area (Å²) in [7, 11) is 1.59. The summed E-state index contributed by atoms with van der Waals surface area (Å²) in [5.41, 5.74) is 3.63. The number of rotatable bonds is 4. The summed E-state index contributed by atoms with van der Waals surface area (Å²) in [4.78, 5) is 22.9. The van der Waals surface area contributed by atoms with Gasteiger partial charge in [-0.25, -0.2) is 4.79 Å². The number of amides is 2. The number of nitrogens with zero attached hydrogens (tertiary/aromatic N) is 3. The number of benzene rings is 1. The second-order valence-electron chi connectivity index (χ2n) is 7.20. The zero-order valence-electron chi connectivity index (χ0n) is 15.5. The van der Waals surface area contributed by atoms with E-state index in [4.69, 9.17) is 0 Å². The Bertz CT molecular complexity index is 742. The van der Waals surface area contributed by atoms with E-state index in [2.05, 4.69) is 44.7 Å². The maximum atomic E-state index is 11.3. The van der Waals surface area contributed by atoms with Crippen molar-refractivity contribution in [3.05, 3.63) is 42.4 Å². The number of hydrogen-bond donors (Lipinski definition) is 3. The van der Waals surface area contributed by atoms with Crippen molar-refractivity contribution < 1.29 is 4.79 Å². The molecule has 2 amide bonds. The van der Waals surface area contributed by atoms with E-state index in [9.17, 15) is 4.79 Å². The van der Waals surface area contributed by atoms with E-state index in [-0.39, 0.29) is 11.6 Å². The van der Waals surface area contributed by atoms with Crippen LogP contribution in [-0.2, 0) is 6.54 Å². The lowest BCUT2D eigenvalue weighted by Crippen LogP contribution is -2.56. The van der Waals surface area contributed by atoms with Crippen LogP contribution < -0.4 is 16.0 Å². The van der Waals surface area contributed by atoms with Crippen LogP contribution in [0.4, 0.5) is 10.5 Å². The molecule has 2 aromatic rings. The van der Waals surface area contributed by atoms with Crippen LogP contribution >= 0.6 is 0 Å². The lowest BCUT2D eigenvalue weighted by Gasteiger charge is -2.38. The van der Waals surface area contributed by atoms with Crippen LogP contribution in [0.25, 0.3) is 11.3 Å². The summed E-state index contributed by atoms with van der Waals surface area (Å²) >= 11 is 0. The molecule has 0 bridgehead atoms. The van der Waals surface area contributed by atoms with Gasteiger partial charge < -0.3 is 16.0 Å². The number of anilines is 1. The fourth-order valence-electron chi connectivity index (χ4n) is 3.11. The Morgan fingerprint density at radius 2 is 2.00 bits per heavy atom. The summed E-state index contributed by atoms with van der Waals surface area (Å²) in [6, 6.07) is 7.31. The van der Waals surface area contributed by atoms with E-state index in [0.29, 0.717) is 0 Å². The van der Waals surface area contributed by atoms with Crippen molar-refractivity contribution >= 4 is 11.7 Å². The van der Waals surface area contributed by atoms with Crippen LogP contribution in [0.1, 0.15) is 19.5 Å². The van der Waals surface area contributed by atoms with Gasteiger partial charge in [0.05, 0.1) is 23.8 Å². The second kappa shape index (κ2) is 7.80. The largest absolute Gasteiger partial charge is 0.341 e. The number of carbonyl (C=O) groups is 1. The van der Waals surface area contributed by atoms with Crippen molar-refractivity contribution in [1.82, 2.24) is 25.5 Å². The van der Waals surface area contributed by atoms with Crippen molar-refractivity contribution in [2.45, 2.75) is 25.9 Å². The van der Waals surface area contributed by atoms with Crippen LogP contribution in [0.2, 0.25) is 0 Å². The number of aromatic nitrogens is 2. The average molecular weight is 354 g/mol. The van der Waals surface area contributed by atoms with E-state index in [1.54, 1.807) is 7.05 Å². The number of piperazine rings is 1. The molecule has 0 saturated carbocycles. The summed E-state index contributed by atoms with van der Waals surface area (Å²) < 4.78 is 0. The molecule has 3 N–H and O–H groups in total. The molecule has 1 aromatic carbocycles. The highest BCUT2D eigenvalue weighted by atomic mass is 16.2. The molecule has 0 radical (unpaired) electrons. The fourth-order valence-corrected chi connectivity index (χ4v) is 3.11. The monoisotopic (exact) mass is 354 g/mol. The Morgan fingerprint density at radius 1 is 1.23 bits per heavy atom. The van der Waals surface area contributed by atoms with Gasteiger partial charge >= 0.3 is 6.03 Å². The van der Waals surface area contributed by atoms with Crippen LogP contribution in [-0.4, -0.2) is 53.1 Å². The Kier molecular flexibility index (Phi) is 5.49. The third-order valence-corrected chi connectivity index (χ3v) is 4.41. The molecule has 7 nitrogen and oxygen atoms in total. The van der Waals surface area contributed by atoms with Gasteiger partial charge in [0.1, 0.15) is 0 Å². The van der Waals surface area contributed by atoms with E-state index in [1.807, 2.05) is 36.7 Å². The lowest BCUT2D eigenvalue weighted by atomic mass is 10.0. The van der Waals surface area contributed by atoms with Crippen LogP contribution in [0.15, 0.2) is 36.7 Å². The van der Waals surface area contributed by atoms with Gasteiger partial charge in [0.25, 0.3) is 0 Å². The summed E-state index contributed by atoms with van der Waals surface area (Å²) in [6.45, 7) is 8.26. The zero-order chi connectivity index (χ0) is 18.6. The van der Waals surface area contributed by atoms with Gasteiger partial charge in [-0.3, -0.25) is 14.9 Å². The number of carbonyl (C=O) groups excluding carboxylic acids is 1. The van der Waals surface area contributed by atoms with Gasteiger partial charge in [-0.15, -0.1) is 0 Å². The van der Waals surface area contributed by atoms with Gasteiger partial charge in [-0.1, -0.05) is 12.1 Å². The van der Waals surface area contributed by atoms with Gasteiger partial charge in [0.15, 0.2) is 0 Å². The Morgan fingerprint density at radius 3 is 2.62 bits per heavy atom. The topological polar surface area (TPSA) is 82.2 Å². The summed E-state index contributed by atoms with van der Waals surface area (Å²) in [5.74, 6) is 0. The molecule has 1 aliphatic heterocycles. The Hall–Kier alpha value is -2.51. The molecule has 0 unspecified atom stereocenters. The summed E-state index contributed by atoms with van der Waals surface area (Å²) in [6.07, 6.45) is 3.66. The molecule has 1 saturated heterocycles. The Balaban J connectivity index is 1.63. The van der Waals surface area contributed by atoms with Crippen molar-refractivity contribution in [2.24, 2.45) is 0 Å². The standard InChI is InChI=1S/C19H26N6O/c1-19(2)13-25(9-8-23-19)12-16-10-22-17(11-21-16)14-4-6-15(7-5-14)24-18(26)20-3/h4-7,10-11,23H,8-9,12-13H2,1-3H3,(H2,20,24,26). The van der Waals surface area contributed by atoms with Crippen molar-refractivity contribution in [1.29, 1.82) is 0 Å². The minimum Gasteiger partial charge on any atom is -0.341 e. The van der Waals surface area contributed by atoms with Crippen LogP contribution in [0.5, 0.6) is 0 Å². The maximum absolute atomic E-state index is 11.3. The lowest BCUT2D eigenvalue weighted by molar-refractivity contribution is 0.147. The SMILES string of the molecule is CNC(=O)Nc1ccc(-c2cnc(CN3CCNC(C)(C)C3)cn2)cc1. The smallest absolute Gasteiger partial charge is 0.318 e. The third-order valence-electron chi connectivity index (χ3n) is 4.41. The molecule has 138 valence electrons. The van der Waals surface area contributed by atoms with E-state index in [0.717, 1.165) is 48.8 Å². The number of nitrogens with one attached hydrogen (secondary N) is 3. The molecule has 2 heterocycles. The first-order valence-corrected chi connectivity index (χ1v) is 8.83. The minimum absolute atomic E-state index is 0.135. The van der Waals surface area contributed by atoms with Crippen molar-refractivity contribution in [3.8, 4) is 11.3 Å². The fraction of sp³-hybridized carbons (Fsp3) is 0.421. The quantitative estimate of drug-likeness (QED) is 0.783. The van der Waals surface area contributed by atoms with E-state index >= 15 is 0 Å². The number of urea groups is 1. The molecule has 26 heavy (non-hydrogen) atoms. The van der Waals surface area contributed by atoms with Crippen LogP contribution in [0, 0.1) is 0 Å². The molecule has 0 aliphatic carbocycles. The highest BCUT2D eigenvalue weighted by Gasteiger charge is 2.25. The second-order valence-corrected chi connectivity index (χ2v) is 7.20. The van der Waals surface area contributed by atoms with Crippen molar-refractivity contribution in [3.63, 3.8) is 0 Å². The first kappa shape index (κ1) is 18.3. The third kappa shape index (κ3) is 4.77. The van der Waals surface area contributed by atoms with E-state index in [1.165, 1.54) is 0 Å². The van der Waals surface area contributed by atoms with Gasteiger partial charge in [-0.2, -0.15) is 0 Å². The molecule has 0 atom stereocenters. The zero-order valence-corrected chi connectivity index (χ0v) is 15.5. The average Bonchev–Trinajstić information content (AvgIpc) is 2.62. The first-order valence-electron chi connectivity index (χ1n) is 8.83. The predicted octanol–water partition coefficient (Wildman–Crippen LogP) is 2.08. The number of hydrogen-bond acceptors (Lipinski definition) is 5. The normalized spacial score (nSPS) is 16.9. The summed E-state index contributed by atoms with van der Waals surface area (Å²) in [5, 5.41) is 8.78. The van der Waals surface area contributed by atoms with Gasteiger partial charge in [-0.05, 0) is 26.0 Å². The molecular weight excluding hydrogens is 328 g/mol.